The number of hydrogen-bond donors (Lipinski definition) is 0. The number of hydrogen-bond acceptors (Lipinski definition) is 1. The average Bonchev–Trinajstić information content (AvgIpc) is 1.93. The summed E-state index contributed by atoms with van der Waals surface area (Å²) >= 11 is 0. The van der Waals surface area contributed by atoms with Crippen LogP contribution in [0.1, 0.15) is 0 Å². The largest absolute Gasteiger partial charge is 0.432 e. The number of benzene rings is 1. The van der Waals surface area contributed by atoms with Gasteiger partial charge in [-0.1, -0.05) is 12.1 Å². The fourth-order valence-electron chi connectivity index (χ4n) is 0.588. The fraction of sp³-hybridized carbons (Fsp3) is 0.143. The van der Waals surface area contributed by atoms with E-state index < -0.39 is 18.2 Å². The molecule has 0 N–H and O–H groups in total. The number of ether oxygens (including phenoxy) is 1. The first-order chi connectivity index (χ1) is 5.20. The molecule has 0 aromatic heterocycles. The third-order valence-electron chi connectivity index (χ3n) is 0.986. The number of rotatable bonds is 2. The maximum atomic E-state index is 12.4. The predicted octanol–water partition coefficient (Wildman–Crippen LogP) is 2.23. The molecule has 1 radical (unpaired) electrons. The lowest BCUT2D eigenvalue weighted by Gasteiger charge is -2.03. The second-order valence-electron chi connectivity index (χ2n) is 1.73. The van der Waals surface area contributed by atoms with Crippen molar-refractivity contribution in [1.29, 1.82) is 0 Å². The van der Waals surface area contributed by atoms with E-state index in [1.54, 1.807) is 0 Å². The van der Waals surface area contributed by atoms with Crippen molar-refractivity contribution in [1.82, 2.24) is 0 Å². The van der Waals surface area contributed by atoms with Crippen LogP contribution in [0, 0.1) is 11.9 Å². The van der Waals surface area contributed by atoms with Gasteiger partial charge < -0.3 is 4.74 Å². The minimum absolute atomic E-state index is 0.484. The van der Waals surface area contributed by atoms with Crippen molar-refractivity contribution in [3.8, 4) is 5.75 Å². The van der Waals surface area contributed by atoms with Gasteiger partial charge in [0.25, 0.3) is 0 Å². The molecular weight excluding hydrogens is 157 g/mol. The lowest BCUT2D eigenvalue weighted by molar-refractivity contribution is -0.0522. The molecule has 0 spiro atoms. The molecule has 0 saturated heterocycles. The van der Waals surface area contributed by atoms with Crippen LogP contribution in [0.25, 0.3) is 0 Å². The minimum atomic E-state index is -3.00. The second kappa shape index (κ2) is 3.27. The van der Waals surface area contributed by atoms with Gasteiger partial charge in [0.15, 0.2) is 11.6 Å². The Kier molecular flexibility index (Phi) is 2.36. The molecule has 0 saturated carbocycles. The highest BCUT2D eigenvalue weighted by atomic mass is 19.3. The highest BCUT2D eigenvalue weighted by molar-refractivity contribution is 5.22. The van der Waals surface area contributed by atoms with Gasteiger partial charge in [0.05, 0.1) is 0 Å². The molecule has 1 aromatic rings. The van der Waals surface area contributed by atoms with Crippen molar-refractivity contribution in [2.75, 3.05) is 0 Å². The molecule has 1 aromatic carbocycles. The van der Waals surface area contributed by atoms with Crippen LogP contribution < -0.4 is 4.74 Å². The van der Waals surface area contributed by atoms with E-state index in [0.29, 0.717) is 0 Å². The summed E-state index contributed by atoms with van der Waals surface area (Å²) < 4.78 is 39.2. The van der Waals surface area contributed by atoms with Gasteiger partial charge in [-0.3, -0.25) is 0 Å². The first kappa shape index (κ1) is 7.91. The summed E-state index contributed by atoms with van der Waals surface area (Å²) in [4.78, 5) is 0. The Morgan fingerprint density at radius 1 is 1.45 bits per heavy atom. The van der Waals surface area contributed by atoms with Crippen LogP contribution in [0.4, 0.5) is 13.2 Å². The molecule has 1 rings (SSSR count). The van der Waals surface area contributed by atoms with Gasteiger partial charge in [0.1, 0.15) is 0 Å². The fourth-order valence-corrected chi connectivity index (χ4v) is 0.588. The maximum absolute atomic E-state index is 12.4. The van der Waals surface area contributed by atoms with Crippen molar-refractivity contribution in [2.45, 2.75) is 6.61 Å². The molecule has 0 atom stereocenters. The maximum Gasteiger partial charge on any atom is 0.387 e. The Hall–Kier alpha value is -1.19. The SMILES string of the molecule is Fc1[c]cccc1OC(F)F. The van der Waals surface area contributed by atoms with Crippen molar-refractivity contribution >= 4 is 0 Å². The normalized spacial score (nSPS) is 10.2. The molecule has 59 valence electrons. The standard InChI is InChI=1S/C7H4F3O/c8-5-3-1-2-4-6(5)11-7(9)10/h1-2,4,7H. The zero-order valence-corrected chi connectivity index (χ0v) is 5.35. The summed E-state index contributed by atoms with van der Waals surface area (Å²) in [5, 5.41) is 0. The first-order valence-corrected chi connectivity index (χ1v) is 2.81. The summed E-state index contributed by atoms with van der Waals surface area (Å²) in [6, 6.07) is 5.82. The van der Waals surface area contributed by atoms with Gasteiger partial charge in [-0.25, -0.2) is 4.39 Å². The molecule has 0 aliphatic carbocycles. The van der Waals surface area contributed by atoms with Crippen molar-refractivity contribution in [3.63, 3.8) is 0 Å². The van der Waals surface area contributed by atoms with Crippen LogP contribution in [-0.2, 0) is 0 Å². The molecule has 0 unspecified atom stereocenters. The molecule has 4 heteroatoms. The Morgan fingerprint density at radius 2 is 2.18 bits per heavy atom. The Balaban J connectivity index is 2.78. The van der Waals surface area contributed by atoms with Crippen LogP contribution in [0.3, 0.4) is 0 Å². The van der Waals surface area contributed by atoms with E-state index >= 15 is 0 Å². The topological polar surface area (TPSA) is 9.23 Å². The Bertz CT molecular complexity index is 237. The molecule has 1 nitrogen and oxygen atoms in total. The smallest absolute Gasteiger partial charge is 0.387 e. The van der Waals surface area contributed by atoms with Gasteiger partial charge in [0, 0.05) is 6.07 Å². The van der Waals surface area contributed by atoms with E-state index in [4.69, 9.17) is 0 Å². The zero-order chi connectivity index (χ0) is 8.27. The van der Waals surface area contributed by atoms with Crippen LogP contribution in [-0.4, -0.2) is 6.61 Å². The monoisotopic (exact) mass is 161 g/mol. The highest BCUT2D eigenvalue weighted by Crippen LogP contribution is 2.16. The number of alkyl halides is 2. The summed E-state index contributed by atoms with van der Waals surface area (Å²) in [7, 11) is 0. The average molecular weight is 161 g/mol. The Morgan fingerprint density at radius 3 is 2.73 bits per heavy atom. The Labute approximate surface area is 61.4 Å². The van der Waals surface area contributed by atoms with E-state index in [2.05, 4.69) is 10.8 Å². The molecule has 0 amide bonds. The van der Waals surface area contributed by atoms with Crippen LogP contribution in [0.2, 0.25) is 0 Å². The van der Waals surface area contributed by atoms with Crippen LogP contribution in [0.5, 0.6) is 5.75 Å². The van der Waals surface area contributed by atoms with E-state index in [9.17, 15) is 13.2 Å². The van der Waals surface area contributed by atoms with Gasteiger partial charge >= 0.3 is 6.61 Å². The molecule has 0 bridgehead atoms. The van der Waals surface area contributed by atoms with Crippen molar-refractivity contribution in [3.05, 3.63) is 30.1 Å². The van der Waals surface area contributed by atoms with Crippen LogP contribution in [0.15, 0.2) is 18.2 Å². The molecule has 0 heterocycles. The van der Waals surface area contributed by atoms with Gasteiger partial charge in [-0.2, -0.15) is 8.78 Å². The van der Waals surface area contributed by atoms with E-state index in [1.807, 2.05) is 0 Å². The quantitative estimate of drug-likeness (QED) is 0.646. The van der Waals surface area contributed by atoms with Gasteiger partial charge in [-0.05, 0) is 6.07 Å². The second-order valence-corrected chi connectivity index (χ2v) is 1.73. The highest BCUT2D eigenvalue weighted by Gasteiger charge is 2.07. The minimum Gasteiger partial charge on any atom is -0.432 e. The lowest BCUT2D eigenvalue weighted by Crippen LogP contribution is -2.03. The summed E-state index contributed by atoms with van der Waals surface area (Å²) in [5.74, 6) is -1.39. The van der Waals surface area contributed by atoms with Gasteiger partial charge in [0.2, 0.25) is 0 Å². The third kappa shape index (κ3) is 2.14. The lowest BCUT2D eigenvalue weighted by atomic mass is 10.3. The number of halogens is 3. The third-order valence-corrected chi connectivity index (χ3v) is 0.986. The van der Waals surface area contributed by atoms with E-state index in [1.165, 1.54) is 12.1 Å². The van der Waals surface area contributed by atoms with Crippen molar-refractivity contribution < 1.29 is 17.9 Å². The summed E-state index contributed by atoms with van der Waals surface area (Å²) in [5.41, 5.74) is 0. The van der Waals surface area contributed by atoms with E-state index in [0.717, 1.165) is 6.07 Å². The molecular formula is C7H4F3O. The summed E-state index contributed by atoms with van der Waals surface area (Å²) in [6.45, 7) is -3.00. The van der Waals surface area contributed by atoms with E-state index in [-0.39, 0.29) is 0 Å². The first-order valence-electron chi connectivity index (χ1n) is 2.81. The predicted molar refractivity (Wildman–Crippen MR) is 31.9 cm³/mol. The molecule has 11 heavy (non-hydrogen) atoms. The molecule has 0 aliphatic heterocycles. The molecule has 0 fully saturated rings. The summed E-state index contributed by atoms with van der Waals surface area (Å²) in [6.07, 6.45) is 0. The zero-order valence-electron chi connectivity index (χ0n) is 5.35. The van der Waals surface area contributed by atoms with Crippen molar-refractivity contribution in [2.24, 2.45) is 0 Å². The van der Waals surface area contributed by atoms with Crippen LogP contribution >= 0.6 is 0 Å². The molecule has 0 aliphatic rings. The van der Waals surface area contributed by atoms with Gasteiger partial charge in [-0.15, -0.1) is 0 Å².